The van der Waals surface area contributed by atoms with Crippen LogP contribution in [-0.4, -0.2) is 4.98 Å². The van der Waals surface area contributed by atoms with Crippen molar-refractivity contribution in [1.82, 2.24) is 10.3 Å². The molecule has 3 aromatic carbocycles. The molecule has 4 aromatic rings. The average Bonchev–Trinajstić information content (AvgIpc) is 2.74. The highest BCUT2D eigenvalue weighted by molar-refractivity contribution is 6.31. The number of fused-ring (bicyclic) bond motifs is 1. The van der Waals surface area contributed by atoms with Gasteiger partial charge in [0.25, 0.3) is 0 Å². The average molecular weight is 422 g/mol. The third-order valence-electron chi connectivity index (χ3n) is 4.85. The molecule has 0 saturated heterocycles. The molecule has 0 bridgehead atoms. The van der Waals surface area contributed by atoms with Crippen molar-refractivity contribution in [2.24, 2.45) is 0 Å². The zero-order valence-electron chi connectivity index (χ0n) is 15.8. The number of nitrogens with zero attached hydrogens (tertiary/aromatic N) is 1. The molecule has 0 fully saturated rings. The molecule has 2 N–H and O–H groups in total. The van der Waals surface area contributed by atoms with Crippen LogP contribution in [0.25, 0.3) is 10.9 Å². The van der Waals surface area contributed by atoms with Crippen LogP contribution in [0, 0.1) is 0 Å². The second-order valence-electron chi connectivity index (χ2n) is 6.87. The Morgan fingerprint density at radius 2 is 1.45 bits per heavy atom. The lowest BCUT2D eigenvalue weighted by Crippen LogP contribution is -2.15. The third-order valence-corrected chi connectivity index (χ3v) is 5.34. The summed E-state index contributed by atoms with van der Waals surface area (Å²) in [7, 11) is 0. The molecule has 0 amide bonds. The largest absolute Gasteiger partial charge is 0.380 e. The molecule has 5 heteroatoms. The number of rotatable bonds is 7. The Morgan fingerprint density at radius 3 is 2.24 bits per heavy atom. The minimum Gasteiger partial charge on any atom is -0.380 e. The number of aromatic nitrogens is 1. The number of hydrogen-bond donors (Lipinski definition) is 2. The first-order valence-corrected chi connectivity index (χ1v) is 10.2. The van der Waals surface area contributed by atoms with Crippen LogP contribution in [-0.2, 0) is 19.6 Å². The van der Waals surface area contributed by atoms with Gasteiger partial charge in [0.1, 0.15) is 0 Å². The zero-order valence-corrected chi connectivity index (χ0v) is 17.3. The van der Waals surface area contributed by atoms with Gasteiger partial charge in [0.15, 0.2) is 0 Å². The summed E-state index contributed by atoms with van der Waals surface area (Å²) in [4.78, 5) is 4.41. The Morgan fingerprint density at radius 1 is 0.724 bits per heavy atom. The molecular weight excluding hydrogens is 401 g/mol. The lowest BCUT2D eigenvalue weighted by atomic mass is 10.1. The van der Waals surface area contributed by atoms with E-state index in [-0.39, 0.29) is 0 Å². The topological polar surface area (TPSA) is 37.0 Å². The van der Waals surface area contributed by atoms with E-state index in [1.54, 1.807) is 6.20 Å². The van der Waals surface area contributed by atoms with Crippen LogP contribution in [0.15, 0.2) is 79.0 Å². The second kappa shape index (κ2) is 9.27. The Labute approximate surface area is 180 Å². The summed E-state index contributed by atoms with van der Waals surface area (Å²) in [6, 6.07) is 24.2. The van der Waals surface area contributed by atoms with Crippen LogP contribution in [0.3, 0.4) is 0 Å². The lowest BCUT2D eigenvalue weighted by molar-refractivity contribution is 0.689. The summed E-state index contributed by atoms with van der Waals surface area (Å²) in [5, 5.41) is 9.59. The predicted molar refractivity (Wildman–Crippen MR) is 123 cm³/mol. The van der Waals surface area contributed by atoms with Crippen LogP contribution in [0.2, 0.25) is 10.0 Å². The van der Waals surface area contributed by atoms with E-state index < -0.39 is 0 Å². The molecule has 0 spiro atoms. The second-order valence-corrected chi connectivity index (χ2v) is 7.75. The van der Waals surface area contributed by atoms with E-state index in [0.29, 0.717) is 5.02 Å². The fourth-order valence-corrected chi connectivity index (χ4v) is 3.60. The summed E-state index contributed by atoms with van der Waals surface area (Å²) in [5.41, 5.74) is 5.69. The van der Waals surface area contributed by atoms with Gasteiger partial charge in [-0.25, -0.2) is 0 Å². The zero-order chi connectivity index (χ0) is 20.1. The number of anilines is 1. The van der Waals surface area contributed by atoms with Crippen molar-refractivity contribution in [2.75, 3.05) is 5.32 Å². The highest BCUT2D eigenvalue weighted by Crippen LogP contribution is 2.25. The minimum absolute atomic E-state index is 0.694. The number of nitrogens with one attached hydrogen (secondary N) is 2. The first-order valence-electron chi connectivity index (χ1n) is 9.49. The fraction of sp³-hybridized carbons (Fsp3) is 0.125. The van der Waals surface area contributed by atoms with Crippen molar-refractivity contribution in [2.45, 2.75) is 19.6 Å². The van der Waals surface area contributed by atoms with Gasteiger partial charge in [0.05, 0.1) is 5.52 Å². The van der Waals surface area contributed by atoms with Crippen LogP contribution in [0.4, 0.5) is 5.69 Å². The van der Waals surface area contributed by atoms with Crippen LogP contribution >= 0.6 is 23.2 Å². The number of halogens is 2. The summed E-state index contributed by atoms with van der Waals surface area (Å²) < 4.78 is 0. The Balaban J connectivity index is 1.43. The molecule has 0 radical (unpaired) electrons. The van der Waals surface area contributed by atoms with Gasteiger partial charge in [-0.05, 0) is 53.1 Å². The van der Waals surface area contributed by atoms with Gasteiger partial charge in [-0.1, -0.05) is 59.6 Å². The predicted octanol–water partition coefficient (Wildman–Crippen LogP) is 6.44. The van der Waals surface area contributed by atoms with E-state index in [2.05, 4.69) is 39.9 Å². The first kappa shape index (κ1) is 19.7. The highest BCUT2D eigenvalue weighted by Gasteiger charge is 2.05. The summed E-state index contributed by atoms with van der Waals surface area (Å²) in [6.45, 7) is 2.34. The van der Waals surface area contributed by atoms with Gasteiger partial charge >= 0.3 is 0 Å². The molecule has 29 heavy (non-hydrogen) atoms. The van der Waals surface area contributed by atoms with Crippen LogP contribution in [0.5, 0.6) is 0 Å². The Hall–Kier alpha value is -2.59. The third kappa shape index (κ3) is 5.07. The molecule has 0 saturated carbocycles. The van der Waals surface area contributed by atoms with Crippen molar-refractivity contribution >= 4 is 39.8 Å². The normalized spacial score (nSPS) is 11.0. The van der Waals surface area contributed by atoms with Crippen molar-refractivity contribution in [3.05, 3.63) is 106 Å². The Bertz CT molecular complexity index is 1110. The standard InChI is InChI=1S/C24H21Cl2N3/c25-20-7-5-17(6-8-20)14-27-15-18-3-1-2-4-19(18)16-29-23-11-12-28-24-13-21(26)9-10-22(23)24/h1-13,27H,14-16H2,(H,28,29). The van der Waals surface area contributed by atoms with Crippen molar-refractivity contribution < 1.29 is 0 Å². The maximum absolute atomic E-state index is 6.09. The Kier molecular flexibility index (Phi) is 6.30. The SMILES string of the molecule is Clc1ccc(CNCc2ccccc2CNc2ccnc3cc(Cl)ccc23)cc1. The molecule has 146 valence electrons. The van der Waals surface area contributed by atoms with Gasteiger partial charge in [0, 0.05) is 46.9 Å². The molecule has 1 heterocycles. The minimum atomic E-state index is 0.694. The molecule has 3 nitrogen and oxygen atoms in total. The smallest absolute Gasteiger partial charge is 0.0737 e. The molecule has 0 atom stereocenters. The monoisotopic (exact) mass is 421 g/mol. The molecule has 1 aromatic heterocycles. The molecule has 0 aliphatic carbocycles. The molecule has 0 aliphatic rings. The maximum atomic E-state index is 6.09. The molecule has 4 rings (SSSR count). The van der Waals surface area contributed by atoms with Crippen LogP contribution in [0.1, 0.15) is 16.7 Å². The van der Waals surface area contributed by atoms with E-state index in [1.807, 2.05) is 48.5 Å². The fourth-order valence-electron chi connectivity index (χ4n) is 3.31. The van der Waals surface area contributed by atoms with Gasteiger partial charge in [-0.3, -0.25) is 4.98 Å². The van der Waals surface area contributed by atoms with E-state index >= 15 is 0 Å². The van der Waals surface area contributed by atoms with E-state index in [9.17, 15) is 0 Å². The number of pyridine rings is 1. The van der Waals surface area contributed by atoms with Crippen molar-refractivity contribution in [3.63, 3.8) is 0 Å². The highest BCUT2D eigenvalue weighted by atomic mass is 35.5. The lowest BCUT2D eigenvalue weighted by Gasteiger charge is -2.14. The van der Waals surface area contributed by atoms with Gasteiger partial charge in [-0.15, -0.1) is 0 Å². The summed E-state index contributed by atoms with van der Waals surface area (Å²) >= 11 is 12.0. The van der Waals surface area contributed by atoms with Gasteiger partial charge in [-0.2, -0.15) is 0 Å². The van der Waals surface area contributed by atoms with E-state index in [1.165, 1.54) is 16.7 Å². The van der Waals surface area contributed by atoms with Gasteiger partial charge in [0.2, 0.25) is 0 Å². The maximum Gasteiger partial charge on any atom is 0.0737 e. The van der Waals surface area contributed by atoms with Crippen molar-refractivity contribution in [3.8, 4) is 0 Å². The summed E-state index contributed by atoms with van der Waals surface area (Å²) in [6.07, 6.45) is 1.81. The van der Waals surface area contributed by atoms with Crippen LogP contribution < -0.4 is 10.6 Å². The summed E-state index contributed by atoms with van der Waals surface area (Å²) in [5.74, 6) is 0. The number of hydrogen-bond acceptors (Lipinski definition) is 3. The van der Waals surface area contributed by atoms with Crippen molar-refractivity contribution in [1.29, 1.82) is 0 Å². The molecule has 0 unspecified atom stereocenters. The van der Waals surface area contributed by atoms with Gasteiger partial charge < -0.3 is 10.6 Å². The molecule has 0 aliphatic heterocycles. The van der Waals surface area contributed by atoms with E-state index in [0.717, 1.165) is 41.2 Å². The van der Waals surface area contributed by atoms with E-state index in [4.69, 9.17) is 23.2 Å². The number of benzene rings is 3. The molecular formula is C24H21Cl2N3. The quantitative estimate of drug-likeness (QED) is 0.360. The first-order chi connectivity index (χ1) is 14.2.